The number of amides is 2. The van der Waals surface area contributed by atoms with Gasteiger partial charge in [0.15, 0.2) is 0 Å². The number of piperazine rings is 1. The third kappa shape index (κ3) is 7.03. The van der Waals surface area contributed by atoms with Crippen LogP contribution in [0.5, 0.6) is 0 Å². The van der Waals surface area contributed by atoms with E-state index in [1.54, 1.807) is 24.9 Å². The molecular formula is C23H31N5O3. The van der Waals surface area contributed by atoms with E-state index in [9.17, 15) is 9.59 Å². The Hall–Kier alpha value is -3.00. The molecule has 31 heavy (non-hydrogen) atoms. The molecule has 0 bridgehead atoms. The quantitative estimate of drug-likeness (QED) is 0.763. The Kier molecular flexibility index (Phi) is 7.09. The fourth-order valence-corrected chi connectivity index (χ4v) is 3.45. The van der Waals surface area contributed by atoms with E-state index in [2.05, 4.69) is 20.4 Å². The second-order valence-corrected chi connectivity index (χ2v) is 8.27. The number of alkyl carbamates (subject to hydrolysis) is 1. The average molecular weight is 427 g/mol. The lowest BCUT2D eigenvalue weighted by Gasteiger charge is -2.36. The van der Waals surface area contributed by atoms with Gasteiger partial charge in [0.25, 0.3) is 0 Å². The molecule has 1 aliphatic heterocycles. The minimum Gasteiger partial charge on any atom is -0.444 e. The van der Waals surface area contributed by atoms with E-state index in [1.165, 1.54) is 0 Å². The molecule has 1 fully saturated rings. The van der Waals surface area contributed by atoms with Gasteiger partial charge in [-0.05, 0) is 38.4 Å². The van der Waals surface area contributed by atoms with Gasteiger partial charge in [-0.15, -0.1) is 0 Å². The predicted octanol–water partition coefficient (Wildman–Crippen LogP) is 2.43. The van der Waals surface area contributed by atoms with Gasteiger partial charge in [0.05, 0.1) is 5.69 Å². The predicted molar refractivity (Wildman–Crippen MR) is 117 cm³/mol. The highest BCUT2D eigenvalue weighted by atomic mass is 16.6. The summed E-state index contributed by atoms with van der Waals surface area (Å²) in [6, 6.07) is 12.2. The van der Waals surface area contributed by atoms with E-state index >= 15 is 0 Å². The molecule has 0 aliphatic carbocycles. The van der Waals surface area contributed by atoms with E-state index < -0.39 is 17.7 Å². The molecule has 1 N–H and O–H groups in total. The summed E-state index contributed by atoms with van der Waals surface area (Å²) >= 11 is 0. The number of hydrogen-bond acceptors (Lipinski definition) is 6. The van der Waals surface area contributed by atoms with Crippen LogP contribution in [-0.2, 0) is 16.0 Å². The van der Waals surface area contributed by atoms with Gasteiger partial charge in [-0.1, -0.05) is 30.3 Å². The van der Waals surface area contributed by atoms with Crippen LogP contribution in [-0.4, -0.2) is 70.3 Å². The second kappa shape index (κ2) is 10.3. The van der Waals surface area contributed by atoms with Gasteiger partial charge in [0.1, 0.15) is 11.6 Å². The Morgan fingerprint density at radius 2 is 1.90 bits per heavy atom. The first-order valence-corrected chi connectivity index (χ1v) is 10.5. The smallest absolute Gasteiger partial charge is 0.408 e. The van der Waals surface area contributed by atoms with Crippen molar-refractivity contribution in [2.24, 2.45) is 0 Å². The molecule has 1 atom stereocenters. The maximum atomic E-state index is 13.3. The standard InChI is InChI=1S/C23H31N5O3/c1-23(2,3)31-22(30)25-20(18-8-5-4-6-9-18)21(29)28-16-14-27(15-17-28)13-11-19-10-7-12-24-26-19/h4-10,12,20H,11,13-17H2,1-3H3,(H,25,30)/i1D. The number of carbonyl (C=O) groups is 2. The molecule has 0 radical (unpaired) electrons. The maximum absolute atomic E-state index is 13.3. The normalized spacial score (nSPS) is 16.3. The van der Waals surface area contributed by atoms with Gasteiger partial charge in [0.2, 0.25) is 5.91 Å². The van der Waals surface area contributed by atoms with Gasteiger partial charge in [0, 0.05) is 46.7 Å². The van der Waals surface area contributed by atoms with Crippen molar-refractivity contribution in [1.82, 2.24) is 25.3 Å². The number of hydrogen-bond donors (Lipinski definition) is 1. The summed E-state index contributed by atoms with van der Waals surface area (Å²) < 4.78 is 12.8. The van der Waals surface area contributed by atoms with Crippen molar-refractivity contribution >= 4 is 12.0 Å². The molecule has 2 amide bonds. The lowest BCUT2D eigenvalue weighted by Crippen LogP contribution is -2.52. The summed E-state index contributed by atoms with van der Waals surface area (Å²) in [7, 11) is 0. The van der Waals surface area contributed by atoms with E-state index in [1.807, 2.05) is 42.5 Å². The molecule has 8 heteroatoms. The van der Waals surface area contributed by atoms with Crippen molar-refractivity contribution < 1.29 is 15.7 Å². The van der Waals surface area contributed by atoms with Gasteiger partial charge in [-0.3, -0.25) is 9.69 Å². The zero-order chi connectivity index (χ0) is 23.0. The Bertz CT molecular complexity index is 874. The topological polar surface area (TPSA) is 87.7 Å². The van der Waals surface area contributed by atoms with E-state index in [4.69, 9.17) is 6.11 Å². The molecule has 1 aromatic heterocycles. The van der Waals surface area contributed by atoms with E-state index in [-0.39, 0.29) is 12.8 Å². The molecule has 166 valence electrons. The number of carbonyl (C=O) groups excluding carboxylic acids is 2. The molecule has 3 rings (SSSR count). The first-order chi connectivity index (χ1) is 15.4. The van der Waals surface area contributed by atoms with Crippen LogP contribution in [0.15, 0.2) is 48.7 Å². The molecule has 2 aromatic rings. The number of aromatic nitrogens is 2. The number of rotatable bonds is 6. The first kappa shape index (κ1) is 21.2. The second-order valence-electron chi connectivity index (χ2n) is 8.27. The van der Waals surface area contributed by atoms with Crippen molar-refractivity contribution in [2.45, 2.75) is 38.8 Å². The Balaban J connectivity index is 1.59. The maximum Gasteiger partial charge on any atom is 0.408 e. The van der Waals surface area contributed by atoms with Crippen LogP contribution < -0.4 is 5.32 Å². The van der Waals surface area contributed by atoms with Crippen molar-refractivity contribution in [3.63, 3.8) is 0 Å². The zero-order valence-corrected chi connectivity index (χ0v) is 18.2. The van der Waals surface area contributed by atoms with Gasteiger partial charge in [-0.25, -0.2) is 4.79 Å². The average Bonchev–Trinajstić information content (AvgIpc) is 2.82. The minimum absolute atomic E-state index is 0.0686. The lowest BCUT2D eigenvalue weighted by molar-refractivity contribution is -0.135. The summed E-state index contributed by atoms with van der Waals surface area (Å²) in [6.07, 6.45) is 1.77. The fraction of sp³-hybridized carbons (Fsp3) is 0.478. The largest absolute Gasteiger partial charge is 0.444 e. The third-order valence-corrected chi connectivity index (χ3v) is 5.01. The number of benzene rings is 1. The van der Waals surface area contributed by atoms with Crippen molar-refractivity contribution in [2.75, 3.05) is 32.7 Å². The molecular weight excluding hydrogens is 394 g/mol. The van der Waals surface area contributed by atoms with Crippen LogP contribution in [0.2, 0.25) is 0 Å². The summed E-state index contributed by atoms with van der Waals surface area (Å²) in [6.45, 7) is 6.79. The highest BCUT2D eigenvalue weighted by Crippen LogP contribution is 2.19. The molecule has 1 unspecified atom stereocenters. The lowest BCUT2D eigenvalue weighted by atomic mass is 10.1. The van der Waals surface area contributed by atoms with Crippen LogP contribution in [0.3, 0.4) is 0 Å². The van der Waals surface area contributed by atoms with Crippen molar-refractivity contribution in [1.29, 1.82) is 0 Å². The fourth-order valence-electron chi connectivity index (χ4n) is 3.45. The molecule has 2 heterocycles. The summed E-state index contributed by atoms with van der Waals surface area (Å²) in [5, 5.41) is 10.7. The molecule has 0 spiro atoms. The summed E-state index contributed by atoms with van der Waals surface area (Å²) in [5.41, 5.74) is 0.722. The van der Waals surface area contributed by atoms with Gasteiger partial charge in [-0.2, -0.15) is 10.2 Å². The van der Waals surface area contributed by atoms with Crippen LogP contribution in [0.1, 0.15) is 39.4 Å². The Morgan fingerprint density at radius 3 is 2.55 bits per heavy atom. The van der Waals surface area contributed by atoms with Crippen molar-refractivity contribution in [3.05, 3.63) is 59.9 Å². The molecule has 0 saturated carbocycles. The Labute approximate surface area is 185 Å². The highest BCUT2D eigenvalue weighted by Gasteiger charge is 2.31. The van der Waals surface area contributed by atoms with Crippen LogP contribution in [0.25, 0.3) is 0 Å². The zero-order valence-electron chi connectivity index (χ0n) is 19.2. The van der Waals surface area contributed by atoms with Crippen LogP contribution >= 0.6 is 0 Å². The molecule has 1 aromatic carbocycles. The third-order valence-electron chi connectivity index (χ3n) is 5.01. The van der Waals surface area contributed by atoms with E-state index in [0.717, 1.165) is 31.7 Å². The summed E-state index contributed by atoms with van der Waals surface area (Å²) in [5.74, 6) is -0.162. The number of ether oxygens (including phenoxy) is 1. The minimum atomic E-state index is -0.927. The molecule has 8 nitrogen and oxygen atoms in total. The number of nitrogens with zero attached hydrogens (tertiary/aromatic N) is 4. The molecule has 1 aliphatic rings. The summed E-state index contributed by atoms with van der Waals surface area (Å²) in [4.78, 5) is 29.9. The van der Waals surface area contributed by atoms with E-state index in [0.29, 0.717) is 18.7 Å². The first-order valence-electron chi connectivity index (χ1n) is 11.2. The van der Waals surface area contributed by atoms with Crippen molar-refractivity contribution in [3.8, 4) is 0 Å². The van der Waals surface area contributed by atoms with Gasteiger partial charge < -0.3 is 15.0 Å². The monoisotopic (exact) mass is 426 g/mol. The Morgan fingerprint density at radius 1 is 1.16 bits per heavy atom. The van der Waals surface area contributed by atoms with Crippen LogP contribution in [0, 0.1) is 0 Å². The molecule has 1 saturated heterocycles. The highest BCUT2D eigenvalue weighted by molar-refractivity contribution is 5.87. The number of nitrogens with one attached hydrogen (secondary N) is 1. The SMILES string of the molecule is [2H]CC(C)(C)OC(=O)NC(C(=O)N1CCN(CCc2cccnn2)CC1)c1ccccc1. The van der Waals surface area contributed by atoms with Crippen LogP contribution in [0.4, 0.5) is 4.79 Å². The van der Waals surface area contributed by atoms with Gasteiger partial charge >= 0.3 is 6.09 Å².